The zero-order chi connectivity index (χ0) is 42.4. The fourth-order valence-corrected chi connectivity index (χ4v) is 10.5. The molecule has 11 rings (SSSR count). The standard InChI is InChI=1S/C49H42N2O11/c1-58-38-19-32-29-15-14-26-8-4-11-27(26)40(29)42-36(53)22-51-21-34-25(7-5-12-30(34)47(51)56)9-6-18-59-46-43(54)39-23-60-37(33-20-50-35-13-3-2-10-28(33)35)17-16-31(38)45(41(32)44(42)55)62-48(61-39)49(46,57)24-52/h2-3,5,7,10,12-17,19-20,26-27,37,39,43,46,48,52,54,57H,4,8-9,11,21-24H2,1H3/p+1/b17-16+/t26-,27+,37-,39-,43-,46+,48-,49-/m1/s1. The summed E-state index contributed by atoms with van der Waals surface area (Å²) in [6.45, 7) is -1.38. The van der Waals surface area contributed by atoms with E-state index in [9.17, 15) is 25.2 Å². The fraction of sp³-hybridized carbons (Fsp3) is 0.347. The number of aliphatic hydroxyl groups excluding tert-OH is 2. The Hall–Kier alpha value is -6.14. The van der Waals surface area contributed by atoms with Crippen molar-refractivity contribution in [2.75, 3.05) is 26.9 Å². The van der Waals surface area contributed by atoms with E-state index in [2.05, 4.69) is 23.1 Å². The molecule has 0 aromatic heterocycles. The van der Waals surface area contributed by atoms with E-state index in [1.807, 2.05) is 36.8 Å². The molecule has 5 heterocycles. The van der Waals surface area contributed by atoms with Crippen LogP contribution in [0, 0.1) is 24.4 Å². The Balaban J connectivity index is 1.19. The van der Waals surface area contributed by atoms with Crippen molar-refractivity contribution < 1.29 is 53.7 Å². The number of rotatable bonds is 3. The molecule has 4 N–H and O–H groups in total. The highest BCUT2D eigenvalue weighted by molar-refractivity contribution is 6.14. The van der Waals surface area contributed by atoms with Gasteiger partial charge < -0.3 is 49.0 Å². The SMILES string of the molecule is COc1cc2c3c(c4c(O)c2c2c1/C=C/[C@H](C1=C5[CH+]C=CC=C5N=C1)OC[C@H]1O[C@H](O2)[C@@](O)(CO)[C@@H](OC#CCc2cccc5c2CN(CC4=O)C5=O)[C@@H]1O)[C@H]1CCC[C@@H]1C=C3. The first-order valence-corrected chi connectivity index (χ1v) is 21.0. The van der Waals surface area contributed by atoms with Gasteiger partial charge in [0.2, 0.25) is 6.29 Å². The molecule has 13 nitrogen and oxygen atoms in total. The quantitative estimate of drug-likeness (QED) is 0.210. The van der Waals surface area contributed by atoms with Crippen molar-refractivity contribution in [1.82, 2.24) is 4.90 Å². The fourth-order valence-electron chi connectivity index (χ4n) is 10.5. The van der Waals surface area contributed by atoms with Crippen molar-refractivity contribution in [1.29, 1.82) is 0 Å². The summed E-state index contributed by atoms with van der Waals surface area (Å²) in [5.74, 6) is 2.21. The molecule has 1 amide bonds. The predicted octanol–water partition coefficient (Wildman–Crippen LogP) is 4.84. The number of fused-ring (bicyclic) bond motifs is 10. The molecule has 1 saturated heterocycles. The maximum atomic E-state index is 15.0. The molecule has 8 aliphatic rings. The number of Topliss-reactive ketones (excluding diaryl/α,β-unsaturated/α-hetero) is 1. The Morgan fingerprint density at radius 3 is 2.85 bits per heavy atom. The van der Waals surface area contributed by atoms with Crippen molar-refractivity contribution in [3.63, 3.8) is 0 Å². The summed E-state index contributed by atoms with van der Waals surface area (Å²) in [7, 11) is 1.51. The molecule has 314 valence electrons. The van der Waals surface area contributed by atoms with Crippen LogP contribution in [0.1, 0.15) is 73.7 Å². The second kappa shape index (κ2) is 14.8. The van der Waals surface area contributed by atoms with Gasteiger partial charge in [0.15, 0.2) is 23.2 Å². The first-order valence-electron chi connectivity index (χ1n) is 21.0. The van der Waals surface area contributed by atoms with Crippen molar-refractivity contribution >= 4 is 40.8 Å². The molecule has 8 bridgehead atoms. The zero-order valence-electron chi connectivity index (χ0n) is 33.7. The molecule has 62 heavy (non-hydrogen) atoms. The number of aromatic hydroxyl groups is 1. The average Bonchev–Trinajstić information content (AvgIpc) is 4.02. The van der Waals surface area contributed by atoms with Crippen LogP contribution in [-0.2, 0) is 27.2 Å². The third-order valence-electron chi connectivity index (χ3n) is 13.7. The van der Waals surface area contributed by atoms with Crippen molar-refractivity contribution in [3.8, 4) is 29.3 Å². The Bertz CT molecular complexity index is 2730. The van der Waals surface area contributed by atoms with E-state index in [0.717, 1.165) is 47.2 Å². The topological polar surface area (TPSA) is 177 Å². The van der Waals surface area contributed by atoms with Crippen LogP contribution in [0.15, 0.2) is 76.5 Å². The molecule has 1 saturated carbocycles. The second-order valence-electron chi connectivity index (χ2n) is 17.0. The lowest BCUT2D eigenvalue weighted by molar-refractivity contribution is -0.327. The lowest BCUT2D eigenvalue weighted by Crippen LogP contribution is -2.70. The number of hydrogen-bond acceptors (Lipinski definition) is 12. The Kier molecular flexibility index (Phi) is 9.22. The number of amides is 1. The second-order valence-corrected chi connectivity index (χ2v) is 17.0. The maximum Gasteiger partial charge on any atom is 0.254 e. The first-order chi connectivity index (χ1) is 30.2. The molecular weight excluding hydrogens is 793 g/mol. The summed E-state index contributed by atoms with van der Waals surface area (Å²) in [6.07, 6.45) is 15.4. The van der Waals surface area contributed by atoms with Crippen LogP contribution in [0.25, 0.3) is 22.9 Å². The van der Waals surface area contributed by atoms with Gasteiger partial charge in [-0.2, -0.15) is 4.99 Å². The van der Waals surface area contributed by atoms with Crippen LogP contribution in [0.4, 0.5) is 0 Å². The summed E-state index contributed by atoms with van der Waals surface area (Å²) in [5, 5.41) is 49.0. The number of carbonyl (C=O) groups excluding carboxylic acids is 2. The van der Waals surface area contributed by atoms with Crippen LogP contribution < -0.4 is 9.47 Å². The van der Waals surface area contributed by atoms with E-state index in [-0.39, 0.29) is 66.3 Å². The van der Waals surface area contributed by atoms with Gasteiger partial charge in [0.1, 0.15) is 47.2 Å². The van der Waals surface area contributed by atoms with Crippen LogP contribution in [-0.4, -0.2) is 106 Å². The van der Waals surface area contributed by atoms with Crippen LogP contribution in [0.2, 0.25) is 0 Å². The van der Waals surface area contributed by atoms with E-state index >= 15 is 4.79 Å². The molecule has 0 unspecified atom stereocenters. The molecular formula is C49H43N2O11+. The Morgan fingerprint density at radius 1 is 1.13 bits per heavy atom. The largest absolute Gasteiger partial charge is 0.506 e. The highest BCUT2D eigenvalue weighted by atomic mass is 16.7. The van der Waals surface area contributed by atoms with Gasteiger partial charge in [-0.1, -0.05) is 36.6 Å². The molecule has 0 spiro atoms. The summed E-state index contributed by atoms with van der Waals surface area (Å²) in [5.41, 5.74) is 3.56. The number of aliphatic hydroxyl groups is 3. The third kappa shape index (κ3) is 5.82. The smallest absolute Gasteiger partial charge is 0.254 e. The van der Waals surface area contributed by atoms with Crippen molar-refractivity contribution in [2.24, 2.45) is 10.9 Å². The molecule has 2 fully saturated rings. The summed E-state index contributed by atoms with van der Waals surface area (Å²) in [6, 6.07) is 7.12. The van der Waals surface area contributed by atoms with E-state index in [4.69, 9.17) is 23.7 Å². The molecule has 3 aromatic rings. The molecule has 13 heteroatoms. The number of allylic oxidation sites excluding steroid dienone is 5. The lowest BCUT2D eigenvalue weighted by atomic mass is 9.75. The summed E-state index contributed by atoms with van der Waals surface area (Å²) in [4.78, 5) is 35.1. The van der Waals surface area contributed by atoms with Gasteiger partial charge in [0.25, 0.3) is 5.91 Å². The van der Waals surface area contributed by atoms with Gasteiger partial charge in [-0.05, 0) is 71.2 Å². The first kappa shape index (κ1) is 38.8. The highest BCUT2D eigenvalue weighted by Crippen LogP contribution is 2.55. The highest BCUT2D eigenvalue weighted by Gasteiger charge is 2.59. The third-order valence-corrected chi connectivity index (χ3v) is 13.7. The number of phenols is 1. The van der Waals surface area contributed by atoms with Crippen molar-refractivity contribution in [3.05, 3.63) is 117 Å². The summed E-state index contributed by atoms with van der Waals surface area (Å²) >= 11 is 0. The van der Waals surface area contributed by atoms with Crippen LogP contribution in [0.3, 0.4) is 0 Å². The van der Waals surface area contributed by atoms with Crippen molar-refractivity contribution in [2.45, 2.75) is 74.5 Å². The van der Waals surface area contributed by atoms with Crippen LogP contribution in [0.5, 0.6) is 17.2 Å². The molecule has 5 aliphatic heterocycles. The minimum absolute atomic E-state index is 0.0368. The number of aliphatic imine (C=N–C) groups is 1. The monoisotopic (exact) mass is 835 g/mol. The van der Waals surface area contributed by atoms with Gasteiger partial charge in [0, 0.05) is 48.6 Å². The lowest BCUT2D eigenvalue weighted by Gasteiger charge is -2.47. The van der Waals surface area contributed by atoms with E-state index in [0.29, 0.717) is 33.4 Å². The normalized spacial score (nSPS) is 30.7. The maximum absolute atomic E-state index is 15.0. The number of ether oxygens (including phenoxy) is 5. The number of carbonyl (C=O) groups is 2. The Morgan fingerprint density at radius 2 is 2.00 bits per heavy atom. The van der Waals surface area contributed by atoms with Gasteiger partial charge >= 0.3 is 0 Å². The van der Waals surface area contributed by atoms with Gasteiger partial charge in [-0.25, -0.2) is 0 Å². The van der Waals surface area contributed by atoms with E-state index in [1.165, 1.54) is 12.0 Å². The number of methoxy groups -OCH3 is 1. The van der Waals surface area contributed by atoms with Gasteiger partial charge in [-0.3, -0.25) is 9.59 Å². The number of nitrogens with zero attached hydrogens (tertiary/aromatic N) is 2. The number of hydrogen-bond donors (Lipinski definition) is 4. The van der Waals surface area contributed by atoms with Gasteiger partial charge in [-0.15, -0.1) is 0 Å². The van der Waals surface area contributed by atoms with Crippen LogP contribution >= 0.6 is 0 Å². The zero-order valence-corrected chi connectivity index (χ0v) is 33.7. The molecule has 3 aromatic carbocycles. The van der Waals surface area contributed by atoms with E-state index < -0.39 is 48.7 Å². The molecule has 3 aliphatic carbocycles. The number of benzene rings is 3. The Labute approximate surface area is 356 Å². The average molecular weight is 836 g/mol. The van der Waals surface area contributed by atoms with Gasteiger partial charge in [0.05, 0.1) is 55.2 Å². The number of phenolic OH excluding ortho intramolecular Hbond substituents is 1. The van der Waals surface area contributed by atoms with E-state index in [1.54, 1.807) is 36.6 Å². The minimum Gasteiger partial charge on any atom is -0.506 e. The number of ketones is 1. The molecule has 0 radical (unpaired) electrons. The summed E-state index contributed by atoms with van der Waals surface area (Å²) < 4.78 is 31.9. The molecule has 8 atom stereocenters. The predicted molar refractivity (Wildman–Crippen MR) is 226 cm³/mol. The minimum atomic E-state index is -2.45.